The van der Waals surface area contributed by atoms with Crippen molar-refractivity contribution in [1.29, 1.82) is 0 Å². The van der Waals surface area contributed by atoms with E-state index in [9.17, 15) is 4.79 Å². The van der Waals surface area contributed by atoms with E-state index in [1.165, 1.54) is 5.56 Å². The Labute approximate surface area is 182 Å². The minimum atomic E-state index is -0.418. The molecule has 1 aliphatic heterocycles. The number of carbonyl (C=O) groups is 1. The number of halogens is 2. The molecule has 29 heavy (non-hydrogen) atoms. The zero-order chi connectivity index (χ0) is 20.8. The van der Waals surface area contributed by atoms with Crippen molar-refractivity contribution in [2.45, 2.75) is 38.1 Å². The Kier molecular flexibility index (Phi) is 4.96. The summed E-state index contributed by atoms with van der Waals surface area (Å²) in [5.41, 5.74) is 3.15. The second-order valence-electron chi connectivity index (χ2n) is 8.47. The number of hydrogen-bond donors (Lipinski definition) is 0. The van der Waals surface area contributed by atoms with Crippen molar-refractivity contribution in [3.63, 3.8) is 0 Å². The fourth-order valence-electron chi connectivity index (χ4n) is 4.73. The third-order valence-electron chi connectivity index (χ3n) is 5.91. The van der Waals surface area contributed by atoms with Crippen LogP contribution in [0.1, 0.15) is 48.7 Å². The molecule has 0 saturated heterocycles. The molecule has 0 fully saturated rings. The van der Waals surface area contributed by atoms with Crippen LogP contribution in [0.5, 0.6) is 0 Å². The summed E-state index contributed by atoms with van der Waals surface area (Å²) in [5, 5.41) is 0.883. The van der Waals surface area contributed by atoms with Crippen molar-refractivity contribution < 1.29 is 4.79 Å². The molecule has 4 heteroatoms. The van der Waals surface area contributed by atoms with Crippen molar-refractivity contribution in [2.75, 3.05) is 4.90 Å². The lowest BCUT2D eigenvalue weighted by atomic mass is 9.65. The van der Waals surface area contributed by atoms with Crippen LogP contribution in [0.25, 0.3) is 0 Å². The highest BCUT2D eigenvalue weighted by Crippen LogP contribution is 2.50. The molecule has 0 unspecified atom stereocenters. The van der Waals surface area contributed by atoms with Crippen molar-refractivity contribution in [1.82, 2.24) is 0 Å². The first-order chi connectivity index (χ1) is 13.7. The van der Waals surface area contributed by atoms with Crippen LogP contribution >= 0.6 is 23.2 Å². The van der Waals surface area contributed by atoms with Gasteiger partial charge in [-0.3, -0.25) is 4.79 Å². The van der Waals surface area contributed by atoms with E-state index >= 15 is 0 Å². The molecule has 0 N–H and O–H groups in total. The first-order valence-corrected chi connectivity index (χ1v) is 10.4. The van der Waals surface area contributed by atoms with E-state index in [1.54, 1.807) is 18.2 Å². The lowest BCUT2D eigenvalue weighted by Crippen LogP contribution is -2.55. The van der Waals surface area contributed by atoms with Gasteiger partial charge in [-0.15, -0.1) is 0 Å². The minimum absolute atomic E-state index is 0.112. The molecule has 0 aromatic heterocycles. The Morgan fingerprint density at radius 1 is 0.897 bits per heavy atom. The second kappa shape index (κ2) is 7.19. The highest BCUT2D eigenvalue weighted by atomic mass is 35.5. The summed E-state index contributed by atoms with van der Waals surface area (Å²) in [6.45, 7) is 6.50. The lowest BCUT2D eigenvalue weighted by molar-refractivity contribution is 0.0949. The van der Waals surface area contributed by atoms with Crippen LogP contribution in [-0.2, 0) is 5.41 Å². The summed E-state index contributed by atoms with van der Waals surface area (Å²) in [5.74, 6) is -0.112. The van der Waals surface area contributed by atoms with E-state index in [-0.39, 0.29) is 11.3 Å². The minimum Gasteiger partial charge on any atom is -0.302 e. The molecule has 0 saturated carbocycles. The summed E-state index contributed by atoms with van der Waals surface area (Å²) in [7, 11) is 0. The van der Waals surface area contributed by atoms with Crippen LogP contribution in [-0.4, -0.2) is 11.4 Å². The maximum absolute atomic E-state index is 13.7. The van der Waals surface area contributed by atoms with Gasteiger partial charge in [-0.05, 0) is 55.7 Å². The number of benzene rings is 3. The van der Waals surface area contributed by atoms with Gasteiger partial charge in [-0.1, -0.05) is 78.7 Å². The van der Waals surface area contributed by atoms with Gasteiger partial charge in [0.25, 0.3) is 5.91 Å². The van der Waals surface area contributed by atoms with Crippen LogP contribution in [0.2, 0.25) is 10.0 Å². The van der Waals surface area contributed by atoms with Gasteiger partial charge in [0.05, 0.1) is 10.6 Å². The topological polar surface area (TPSA) is 20.3 Å². The Morgan fingerprint density at radius 2 is 1.55 bits per heavy atom. The Balaban J connectivity index is 1.90. The molecule has 0 radical (unpaired) electrons. The lowest BCUT2D eigenvalue weighted by Gasteiger charge is -2.51. The van der Waals surface area contributed by atoms with Gasteiger partial charge in [-0.2, -0.15) is 0 Å². The number of fused-ring (bicyclic) bond motifs is 1. The first-order valence-electron chi connectivity index (χ1n) is 9.69. The Hall–Kier alpha value is -2.29. The van der Waals surface area contributed by atoms with Gasteiger partial charge in [-0.25, -0.2) is 0 Å². The van der Waals surface area contributed by atoms with Crippen molar-refractivity contribution in [2.24, 2.45) is 0 Å². The van der Waals surface area contributed by atoms with Crippen LogP contribution in [0.4, 0.5) is 5.69 Å². The average molecular weight is 424 g/mol. The predicted octanol–water partition coefficient (Wildman–Crippen LogP) is 7.13. The first kappa shape index (κ1) is 20.0. The molecule has 1 heterocycles. The number of para-hydroxylation sites is 1. The average Bonchev–Trinajstić information content (AvgIpc) is 2.68. The summed E-state index contributed by atoms with van der Waals surface area (Å²) in [6, 6.07) is 23.7. The monoisotopic (exact) mass is 423 g/mol. The molecule has 1 atom stereocenters. The van der Waals surface area contributed by atoms with E-state index in [4.69, 9.17) is 23.2 Å². The van der Waals surface area contributed by atoms with Gasteiger partial charge in [0.1, 0.15) is 0 Å². The highest BCUT2D eigenvalue weighted by molar-refractivity contribution is 6.37. The summed E-state index contributed by atoms with van der Waals surface area (Å²) >= 11 is 12.4. The van der Waals surface area contributed by atoms with Gasteiger partial charge < -0.3 is 4.90 Å². The van der Waals surface area contributed by atoms with E-state index < -0.39 is 5.54 Å². The fourth-order valence-corrected chi connectivity index (χ4v) is 5.22. The number of rotatable bonds is 2. The smallest absolute Gasteiger partial charge is 0.260 e. The molecule has 3 aromatic rings. The zero-order valence-corrected chi connectivity index (χ0v) is 18.3. The predicted molar refractivity (Wildman–Crippen MR) is 121 cm³/mol. The quantitative estimate of drug-likeness (QED) is 0.429. The van der Waals surface area contributed by atoms with E-state index in [1.807, 2.05) is 29.2 Å². The molecule has 0 aliphatic carbocycles. The molecular formula is C25H23Cl2NO. The third kappa shape index (κ3) is 3.35. The number of amides is 1. The van der Waals surface area contributed by atoms with Gasteiger partial charge in [0, 0.05) is 21.7 Å². The number of nitrogens with zero attached hydrogens (tertiary/aromatic N) is 1. The normalized spacial score (nSPS) is 20.2. The van der Waals surface area contributed by atoms with Crippen LogP contribution in [0, 0.1) is 0 Å². The fraction of sp³-hybridized carbons (Fsp3) is 0.240. The second-order valence-corrected chi connectivity index (χ2v) is 9.31. The number of anilines is 1. The van der Waals surface area contributed by atoms with Crippen molar-refractivity contribution in [3.8, 4) is 0 Å². The SMILES string of the molecule is CC1(C)C[C@](C)(c2ccccc2)c2ccccc2N1C(=O)c1ccc(Cl)cc1Cl. The van der Waals surface area contributed by atoms with E-state index in [2.05, 4.69) is 51.1 Å². The van der Waals surface area contributed by atoms with Gasteiger partial charge in [0.2, 0.25) is 0 Å². The van der Waals surface area contributed by atoms with E-state index in [0.29, 0.717) is 15.6 Å². The molecule has 148 valence electrons. The molecule has 2 nitrogen and oxygen atoms in total. The van der Waals surface area contributed by atoms with Crippen LogP contribution in [0.3, 0.4) is 0 Å². The van der Waals surface area contributed by atoms with Crippen molar-refractivity contribution in [3.05, 3.63) is 99.5 Å². The highest BCUT2D eigenvalue weighted by Gasteiger charge is 2.47. The van der Waals surface area contributed by atoms with Crippen LogP contribution in [0.15, 0.2) is 72.8 Å². The molecular weight excluding hydrogens is 401 g/mol. The Bertz CT molecular complexity index is 1080. The maximum Gasteiger partial charge on any atom is 0.260 e. The van der Waals surface area contributed by atoms with Crippen molar-refractivity contribution >= 4 is 34.8 Å². The summed E-state index contributed by atoms with van der Waals surface area (Å²) < 4.78 is 0. The van der Waals surface area contributed by atoms with Gasteiger partial charge >= 0.3 is 0 Å². The van der Waals surface area contributed by atoms with E-state index in [0.717, 1.165) is 17.7 Å². The maximum atomic E-state index is 13.7. The molecule has 0 bridgehead atoms. The van der Waals surface area contributed by atoms with Crippen LogP contribution < -0.4 is 4.90 Å². The molecule has 1 aliphatic rings. The largest absolute Gasteiger partial charge is 0.302 e. The number of carbonyl (C=O) groups excluding carboxylic acids is 1. The molecule has 0 spiro atoms. The molecule has 1 amide bonds. The molecule has 3 aromatic carbocycles. The number of hydrogen-bond acceptors (Lipinski definition) is 1. The van der Waals surface area contributed by atoms with Gasteiger partial charge in [0.15, 0.2) is 0 Å². The molecule has 4 rings (SSSR count). The zero-order valence-electron chi connectivity index (χ0n) is 16.7. The standard InChI is InChI=1S/C25H23Cl2NO/c1-24(2)16-25(3,17-9-5-4-6-10-17)20-11-7-8-12-22(20)28(24)23(29)19-14-13-18(26)15-21(19)27/h4-15H,16H2,1-3H3/t25-/m1/s1. The third-order valence-corrected chi connectivity index (χ3v) is 6.45. The summed E-state index contributed by atoms with van der Waals surface area (Å²) in [4.78, 5) is 15.5. The Morgan fingerprint density at radius 3 is 2.24 bits per heavy atom. The summed E-state index contributed by atoms with van der Waals surface area (Å²) in [6.07, 6.45) is 0.790.